The summed E-state index contributed by atoms with van der Waals surface area (Å²) in [5, 5.41) is 28.7. The van der Waals surface area contributed by atoms with Crippen molar-refractivity contribution in [3.8, 4) is 5.75 Å². The zero-order valence-electron chi connectivity index (χ0n) is 38.8. The maximum absolute atomic E-state index is 14.4. The van der Waals surface area contributed by atoms with Gasteiger partial charge in [-0.05, 0) is 69.7 Å². The van der Waals surface area contributed by atoms with Crippen LogP contribution >= 0.6 is 21.6 Å². The lowest BCUT2D eigenvalue weighted by Gasteiger charge is -2.31. The van der Waals surface area contributed by atoms with E-state index < -0.39 is 126 Å². The Labute approximate surface area is 403 Å². The van der Waals surface area contributed by atoms with Gasteiger partial charge in [0.25, 0.3) is 0 Å². The Morgan fingerprint density at radius 2 is 1.53 bits per heavy atom. The molecular formula is C43H67N11O12S2. The third kappa shape index (κ3) is 18.1. The maximum atomic E-state index is 14.4. The summed E-state index contributed by atoms with van der Waals surface area (Å²) in [4.78, 5) is 135. The first kappa shape index (κ1) is 56.7. The Hall–Kier alpha value is -5.66. The number of amides is 10. The summed E-state index contributed by atoms with van der Waals surface area (Å²) in [5.74, 6) is -8.07. The van der Waals surface area contributed by atoms with Crippen molar-refractivity contribution in [3.63, 3.8) is 0 Å². The molecule has 10 amide bonds. The van der Waals surface area contributed by atoms with Gasteiger partial charge in [0.15, 0.2) is 0 Å². The maximum Gasteiger partial charge on any atom is 0.246 e. The molecule has 3 rings (SSSR count). The van der Waals surface area contributed by atoms with Crippen molar-refractivity contribution in [1.29, 1.82) is 0 Å². The van der Waals surface area contributed by atoms with Crippen LogP contribution in [-0.2, 0) is 54.4 Å². The van der Waals surface area contributed by atoms with Gasteiger partial charge in [0.05, 0.1) is 25.7 Å². The van der Waals surface area contributed by atoms with Crippen molar-refractivity contribution in [1.82, 2.24) is 42.1 Å². The molecular weight excluding hydrogens is 927 g/mol. The van der Waals surface area contributed by atoms with E-state index in [2.05, 4.69) is 37.2 Å². The smallest absolute Gasteiger partial charge is 0.246 e. The van der Waals surface area contributed by atoms with Gasteiger partial charge in [0, 0.05) is 30.9 Å². The van der Waals surface area contributed by atoms with Gasteiger partial charge in [-0.2, -0.15) is 0 Å². The van der Waals surface area contributed by atoms with E-state index in [1.807, 2.05) is 6.92 Å². The fraction of sp³-hybridized carbons (Fsp3) is 0.628. The third-order valence-electron chi connectivity index (χ3n) is 11.2. The van der Waals surface area contributed by atoms with Crippen LogP contribution in [0.1, 0.15) is 78.2 Å². The van der Waals surface area contributed by atoms with Crippen LogP contribution in [0.2, 0.25) is 0 Å². The fourth-order valence-electron chi connectivity index (χ4n) is 7.29. The Bertz CT molecular complexity index is 1950. The zero-order valence-corrected chi connectivity index (χ0v) is 40.5. The van der Waals surface area contributed by atoms with E-state index in [0.717, 1.165) is 10.8 Å². The molecule has 0 aliphatic carbocycles. The van der Waals surface area contributed by atoms with Gasteiger partial charge in [-0.3, -0.25) is 47.9 Å². The first-order valence-corrected chi connectivity index (χ1v) is 25.1. The van der Waals surface area contributed by atoms with E-state index in [4.69, 9.17) is 21.9 Å². The predicted octanol–water partition coefficient (Wildman–Crippen LogP) is -3.04. The zero-order chi connectivity index (χ0) is 50.5. The summed E-state index contributed by atoms with van der Waals surface area (Å²) in [6.07, 6.45) is -1.05. The van der Waals surface area contributed by atoms with Gasteiger partial charge >= 0.3 is 0 Å². The van der Waals surface area contributed by atoms with E-state index in [1.54, 1.807) is 38.1 Å². The number of nitrogens with zero attached hydrogens (tertiary/aromatic N) is 1. The van der Waals surface area contributed by atoms with Crippen LogP contribution < -0.4 is 59.2 Å². The van der Waals surface area contributed by atoms with Gasteiger partial charge in [-0.15, -0.1) is 0 Å². The molecule has 68 heavy (non-hydrogen) atoms. The molecule has 0 aromatic heterocycles. The number of nitrogens with two attached hydrogens (primary N) is 3. The van der Waals surface area contributed by atoms with Crippen LogP contribution in [0.3, 0.4) is 0 Å². The van der Waals surface area contributed by atoms with Gasteiger partial charge < -0.3 is 69.2 Å². The highest BCUT2D eigenvalue weighted by Crippen LogP contribution is 2.26. The van der Waals surface area contributed by atoms with Gasteiger partial charge in [-0.1, -0.05) is 54.0 Å². The molecule has 2 heterocycles. The monoisotopic (exact) mass is 993 g/mol. The van der Waals surface area contributed by atoms with Crippen molar-refractivity contribution in [2.45, 2.75) is 127 Å². The van der Waals surface area contributed by atoms with Crippen molar-refractivity contribution in [2.75, 3.05) is 37.7 Å². The highest BCUT2D eigenvalue weighted by Gasteiger charge is 2.41. The first-order valence-electron chi connectivity index (χ1n) is 22.6. The largest absolute Gasteiger partial charge is 0.494 e. The van der Waals surface area contributed by atoms with Crippen molar-refractivity contribution >= 4 is 80.7 Å². The molecule has 2 fully saturated rings. The number of carbonyl (C=O) groups is 10. The van der Waals surface area contributed by atoms with Crippen LogP contribution in [0.5, 0.6) is 5.75 Å². The second kappa shape index (κ2) is 28.6. The Morgan fingerprint density at radius 1 is 0.868 bits per heavy atom. The van der Waals surface area contributed by atoms with Crippen molar-refractivity contribution in [3.05, 3.63) is 29.8 Å². The summed E-state index contributed by atoms with van der Waals surface area (Å²) in [5.41, 5.74) is 17.0. The molecule has 2 aliphatic rings. The summed E-state index contributed by atoms with van der Waals surface area (Å²) < 4.78 is 5.53. The number of primary amides is 2. The van der Waals surface area contributed by atoms with Crippen molar-refractivity contribution in [2.24, 2.45) is 23.1 Å². The molecule has 0 spiro atoms. The number of aliphatic hydroxyl groups is 1. The molecule has 2 saturated heterocycles. The highest BCUT2D eigenvalue weighted by molar-refractivity contribution is 8.76. The van der Waals surface area contributed by atoms with Crippen LogP contribution in [0.4, 0.5) is 0 Å². The topological polar surface area (TPSA) is 366 Å². The van der Waals surface area contributed by atoms with E-state index >= 15 is 0 Å². The lowest BCUT2D eigenvalue weighted by atomic mass is 9.96. The molecule has 2 aliphatic heterocycles. The highest BCUT2D eigenvalue weighted by atomic mass is 33.1. The molecule has 1 aromatic rings. The number of carbonyl (C=O) groups excluding carboxylic acids is 10. The third-order valence-corrected chi connectivity index (χ3v) is 13.6. The van der Waals surface area contributed by atoms with Crippen LogP contribution in [0, 0.1) is 5.92 Å². The minimum Gasteiger partial charge on any atom is -0.494 e. The summed E-state index contributed by atoms with van der Waals surface area (Å²) >= 11 is 0. The standard InChI is InChI=1S/C43H67N11O12S2/c1-5-23(3)35-41(63)53-36(24(4)55)42(64)50-29(20-32(45)56)38(60)51-30(43(65)54-17-8-10-31(54)40(62)49-27(9-7-16-44)37(59)47-21-33(46)57)22-68-67-18-15-34(58)48-28(39(61)52-35)19-25-11-13-26(14-12-25)66-6-2/h11-14,23-24,27-31,35-36,55H,5-10,15-22,44H2,1-4H3,(H2,45,56)(H2,46,57)(H,47,59)(H,48,58)(H,49,62)(H,50,64)(H,51,60)(H,52,61)(H,53,63)/t23-,24+,27-,28-,29-,30-,31-,35-,36-/m0/s1. The number of hydrogen-bond donors (Lipinski definition) is 11. The average molecular weight is 994 g/mol. The number of rotatable bonds is 18. The first-order chi connectivity index (χ1) is 32.3. The van der Waals surface area contributed by atoms with Gasteiger partial charge in [0.2, 0.25) is 59.1 Å². The SMILES string of the molecule is CCOc1ccc(C[C@@H]2NC(=O)CCSSC[C@@H](C(=O)N3CCC[C@H]3C(=O)N[C@@H](CCCN)C(=O)NCC(N)=O)NC(=O)[C@H](CC(N)=O)NC(=O)[C@H]([C@@H](C)O)NC(=O)[C@H]([C@@H](C)CC)NC2=O)cc1. The minimum atomic E-state index is -1.74. The lowest BCUT2D eigenvalue weighted by Crippen LogP contribution is -2.63. The second-order valence-corrected chi connectivity index (χ2v) is 19.1. The predicted molar refractivity (Wildman–Crippen MR) is 253 cm³/mol. The molecule has 0 saturated carbocycles. The Balaban J connectivity index is 1.99. The lowest BCUT2D eigenvalue weighted by molar-refractivity contribution is -0.142. The Morgan fingerprint density at radius 3 is 2.15 bits per heavy atom. The van der Waals surface area contributed by atoms with E-state index in [9.17, 15) is 53.1 Å². The fourth-order valence-corrected chi connectivity index (χ4v) is 9.44. The molecule has 0 bridgehead atoms. The van der Waals surface area contributed by atoms with Crippen LogP contribution in [0.15, 0.2) is 24.3 Å². The molecule has 0 radical (unpaired) electrons. The molecule has 378 valence electrons. The summed E-state index contributed by atoms with van der Waals surface area (Å²) in [7, 11) is 2.27. The number of nitrogens with one attached hydrogen (secondary N) is 7. The minimum absolute atomic E-state index is 0.0243. The molecule has 1 aromatic carbocycles. The number of likely N-dealkylation sites (tertiary alicyclic amines) is 1. The van der Waals surface area contributed by atoms with Crippen molar-refractivity contribution < 1.29 is 57.8 Å². The van der Waals surface area contributed by atoms with E-state index in [-0.39, 0.29) is 50.3 Å². The number of ether oxygens (including phenoxy) is 1. The van der Waals surface area contributed by atoms with Gasteiger partial charge in [-0.25, -0.2) is 0 Å². The Kier molecular flexibility index (Phi) is 23.8. The number of hydrogen-bond acceptors (Lipinski definition) is 15. The van der Waals surface area contributed by atoms with E-state index in [1.165, 1.54) is 22.6 Å². The molecule has 0 unspecified atom stereocenters. The molecule has 14 N–H and O–H groups in total. The van der Waals surface area contributed by atoms with Gasteiger partial charge in [0.1, 0.15) is 48.0 Å². The summed E-state index contributed by atoms with van der Waals surface area (Å²) in [6, 6.07) is -2.62. The normalized spacial score (nSPS) is 23.8. The summed E-state index contributed by atoms with van der Waals surface area (Å²) in [6.45, 7) is 6.72. The second-order valence-electron chi connectivity index (χ2n) is 16.5. The molecule has 23 nitrogen and oxygen atoms in total. The quantitative estimate of drug-likeness (QED) is 0.0652. The van der Waals surface area contributed by atoms with Crippen LogP contribution in [0.25, 0.3) is 0 Å². The van der Waals surface area contributed by atoms with Crippen LogP contribution in [-0.4, -0.2) is 155 Å². The molecule has 9 atom stereocenters. The number of benzene rings is 1. The van der Waals surface area contributed by atoms with E-state index in [0.29, 0.717) is 37.2 Å². The number of aliphatic hydroxyl groups excluding tert-OH is 1. The molecule has 25 heteroatoms. The average Bonchev–Trinajstić information content (AvgIpc) is 3.79.